The molecule has 4 heteroatoms. The highest BCUT2D eigenvalue weighted by atomic mass is 16.5. The lowest BCUT2D eigenvalue weighted by atomic mass is 9.98. The summed E-state index contributed by atoms with van der Waals surface area (Å²) >= 11 is 0. The van der Waals surface area contributed by atoms with E-state index in [2.05, 4.69) is 25.9 Å². The fraction of sp³-hybridized carbons (Fsp3) is 0.750. The molecular formula is C12H20N2O2. The first-order valence-electron chi connectivity index (χ1n) is 5.79. The largest absolute Gasteiger partial charge is 0.493 e. The van der Waals surface area contributed by atoms with Crippen LogP contribution in [0.2, 0.25) is 0 Å². The molecule has 1 unspecified atom stereocenters. The van der Waals surface area contributed by atoms with Crippen molar-refractivity contribution in [1.29, 1.82) is 0 Å². The van der Waals surface area contributed by atoms with Crippen molar-refractivity contribution in [1.82, 2.24) is 9.78 Å². The second-order valence-electron chi connectivity index (χ2n) is 5.19. The highest BCUT2D eigenvalue weighted by Crippen LogP contribution is 2.55. The summed E-state index contributed by atoms with van der Waals surface area (Å²) in [6.45, 7) is 6.21. The van der Waals surface area contributed by atoms with Crippen LogP contribution in [0.25, 0.3) is 0 Å². The zero-order valence-electron chi connectivity index (χ0n) is 10.4. The minimum Gasteiger partial charge on any atom is -0.493 e. The minimum absolute atomic E-state index is 0.0138. The van der Waals surface area contributed by atoms with Crippen molar-refractivity contribution in [2.24, 2.45) is 5.41 Å². The number of rotatable bonds is 4. The maximum atomic E-state index is 10.4. The van der Waals surface area contributed by atoms with Crippen molar-refractivity contribution in [3.63, 3.8) is 0 Å². The van der Waals surface area contributed by atoms with Gasteiger partial charge in [-0.3, -0.25) is 4.68 Å². The Balaban J connectivity index is 2.39. The van der Waals surface area contributed by atoms with Crippen molar-refractivity contribution in [3.05, 3.63) is 11.9 Å². The van der Waals surface area contributed by atoms with E-state index in [1.54, 1.807) is 13.3 Å². The van der Waals surface area contributed by atoms with E-state index in [1.807, 2.05) is 4.68 Å². The predicted molar refractivity (Wildman–Crippen MR) is 61.5 cm³/mol. The quantitative estimate of drug-likeness (QED) is 0.853. The molecule has 0 bridgehead atoms. The third kappa shape index (κ3) is 1.71. The molecule has 0 aliphatic heterocycles. The van der Waals surface area contributed by atoms with E-state index in [0.717, 1.165) is 18.5 Å². The normalized spacial score (nSPS) is 19.9. The Morgan fingerprint density at radius 1 is 1.50 bits per heavy atom. The SMILES string of the molecule is COc1cnn(C(C)C)c1C(O)C1(C)CC1. The summed E-state index contributed by atoms with van der Waals surface area (Å²) in [4.78, 5) is 0. The monoisotopic (exact) mass is 224 g/mol. The standard InChI is InChI=1S/C12H20N2O2/c1-8(2)14-10(9(16-4)7-13-14)11(15)12(3)5-6-12/h7-8,11,15H,5-6H2,1-4H3. The van der Waals surface area contributed by atoms with E-state index in [9.17, 15) is 5.11 Å². The lowest BCUT2D eigenvalue weighted by Gasteiger charge is -2.21. The summed E-state index contributed by atoms with van der Waals surface area (Å²) in [6.07, 6.45) is 3.35. The number of methoxy groups -OCH3 is 1. The van der Waals surface area contributed by atoms with Gasteiger partial charge in [-0.2, -0.15) is 5.10 Å². The number of ether oxygens (including phenoxy) is 1. The molecule has 1 N–H and O–H groups in total. The molecule has 1 aromatic rings. The first-order chi connectivity index (χ1) is 7.49. The van der Waals surface area contributed by atoms with E-state index in [0.29, 0.717) is 5.75 Å². The molecule has 16 heavy (non-hydrogen) atoms. The molecule has 1 aliphatic carbocycles. The molecule has 1 heterocycles. The van der Waals surface area contributed by atoms with Crippen LogP contribution in [0.15, 0.2) is 6.20 Å². The van der Waals surface area contributed by atoms with Gasteiger partial charge < -0.3 is 9.84 Å². The first-order valence-corrected chi connectivity index (χ1v) is 5.79. The first kappa shape index (κ1) is 11.5. The van der Waals surface area contributed by atoms with Gasteiger partial charge in [0.1, 0.15) is 11.8 Å². The molecule has 90 valence electrons. The van der Waals surface area contributed by atoms with E-state index < -0.39 is 6.10 Å². The summed E-state index contributed by atoms with van der Waals surface area (Å²) < 4.78 is 7.13. The molecule has 0 spiro atoms. The van der Waals surface area contributed by atoms with Gasteiger partial charge in [0, 0.05) is 6.04 Å². The fourth-order valence-corrected chi connectivity index (χ4v) is 1.99. The maximum absolute atomic E-state index is 10.4. The van der Waals surface area contributed by atoms with Crippen LogP contribution in [0.5, 0.6) is 5.75 Å². The predicted octanol–water partition coefficient (Wildman–Crippen LogP) is 2.31. The van der Waals surface area contributed by atoms with Crippen molar-refractivity contribution in [2.45, 2.75) is 45.8 Å². The molecule has 1 atom stereocenters. The lowest BCUT2D eigenvalue weighted by molar-refractivity contribution is 0.0899. The van der Waals surface area contributed by atoms with Gasteiger partial charge in [0.15, 0.2) is 5.75 Å². The number of aliphatic hydroxyl groups is 1. The number of hydrogen-bond acceptors (Lipinski definition) is 3. The number of aliphatic hydroxyl groups excluding tert-OH is 1. The van der Waals surface area contributed by atoms with Crippen LogP contribution in [0.4, 0.5) is 0 Å². The Morgan fingerprint density at radius 2 is 2.12 bits per heavy atom. The van der Waals surface area contributed by atoms with Crippen molar-refractivity contribution in [2.75, 3.05) is 7.11 Å². The summed E-state index contributed by atoms with van der Waals surface area (Å²) in [5, 5.41) is 14.7. The highest BCUT2D eigenvalue weighted by Gasteiger charge is 2.47. The minimum atomic E-state index is -0.479. The summed E-state index contributed by atoms with van der Waals surface area (Å²) in [5.74, 6) is 0.689. The van der Waals surface area contributed by atoms with Crippen LogP contribution >= 0.6 is 0 Å². The molecule has 1 fully saturated rings. The van der Waals surface area contributed by atoms with Gasteiger partial charge in [0.25, 0.3) is 0 Å². The molecule has 0 aromatic carbocycles. The summed E-state index contributed by atoms with van der Waals surface area (Å²) in [5.41, 5.74) is 0.831. The molecule has 1 saturated carbocycles. The average Bonchev–Trinajstić information content (AvgIpc) is 2.84. The number of nitrogens with zero attached hydrogens (tertiary/aromatic N) is 2. The zero-order valence-corrected chi connectivity index (χ0v) is 10.4. The zero-order chi connectivity index (χ0) is 11.9. The highest BCUT2D eigenvalue weighted by molar-refractivity contribution is 5.30. The van der Waals surface area contributed by atoms with E-state index in [-0.39, 0.29) is 11.5 Å². The second kappa shape index (κ2) is 3.77. The van der Waals surface area contributed by atoms with Gasteiger partial charge in [-0.15, -0.1) is 0 Å². The lowest BCUT2D eigenvalue weighted by Crippen LogP contribution is -2.17. The number of hydrogen-bond donors (Lipinski definition) is 1. The van der Waals surface area contributed by atoms with Crippen molar-refractivity contribution < 1.29 is 9.84 Å². The van der Waals surface area contributed by atoms with Gasteiger partial charge in [0.05, 0.1) is 13.3 Å². The third-order valence-electron chi connectivity index (χ3n) is 3.47. The van der Waals surface area contributed by atoms with E-state index >= 15 is 0 Å². The Morgan fingerprint density at radius 3 is 2.56 bits per heavy atom. The van der Waals surface area contributed by atoms with Crippen molar-refractivity contribution in [3.8, 4) is 5.75 Å². The number of aromatic nitrogens is 2. The van der Waals surface area contributed by atoms with Crippen LogP contribution in [-0.4, -0.2) is 22.0 Å². The van der Waals surface area contributed by atoms with Gasteiger partial charge in [0.2, 0.25) is 0 Å². The summed E-state index contributed by atoms with van der Waals surface area (Å²) in [7, 11) is 1.62. The molecule has 0 amide bonds. The third-order valence-corrected chi connectivity index (χ3v) is 3.47. The molecular weight excluding hydrogens is 204 g/mol. The smallest absolute Gasteiger partial charge is 0.162 e. The fourth-order valence-electron chi connectivity index (χ4n) is 1.99. The van der Waals surface area contributed by atoms with Crippen LogP contribution in [0.3, 0.4) is 0 Å². The molecule has 4 nitrogen and oxygen atoms in total. The topological polar surface area (TPSA) is 47.3 Å². The van der Waals surface area contributed by atoms with Crippen LogP contribution < -0.4 is 4.74 Å². The molecule has 0 radical (unpaired) electrons. The molecule has 2 rings (SSSR count). The van der Waals surface area contributed by atoms with Gasteiger partial charge in [-0.25, -0.2) is 0 Å². The second-order valence-corrected chi connectivity index (χ2v) is 5.19. The Hall–Kier alpha value is -1.03. The Kier molecular flexibility index (Phi) is 2.70. The maximum Gasteiger partial charge on any atom is 0.162 e. The van der Waals surface area contributed by atoms with E-state index in [1.165, 1.54) is 0 Å². The van der Waals surface area contributed by atoms with Crippen LogP contribution in [-0.2, 0) is 0 Å². The van der Waals surface area contributed by atoms with Crippen LogP contribution in [0.1, 0.15) is 51.5 Å². The molecule has 0 saturated heterocycles. The van der Waals surface area contributed by atoms with Crippen LogP contribution in [0, 0.1) is 5.41 Å². The van der Waals surface area contributed by atoms with Gasteiger partial charge in [-0.1, -0.05) is 6.92 Å². The van der Waals surface area contributed by atoms with E-state index in [4.69, 9.17) is 4.74 Å². The Labute approximate surface area is 96.2 Å². The Bertz CT molecular complexity index is 380. The van der Waals surface area contributed by atoms with Gasteiger partial charge >= 0.3 is 0 Å². The average molecular weight is 224 g/mol. The van der Waals surface area contributed by atoms with Gasteiger partial charge in [-0.05, 0) is 32.1 Å². The molecule has 1 aromatic heterocycles. The summed E-state index contributed by atoms with van der Waals surface area (Å²) in [6, 6.07) is 0.232. The van der Waals surface area contributed by atoms with Crippen molar-refractivity contribution >= 4 is 0 Å². The molecule has 1 aliphatic rings.